The van der Waals surface area contributed by atoms with Gasteiger partial charge >= 0.3 is 6.16 Å². The van der Waals surface area contributed by atoms with E-state index >= 15 is 4.39 Å². The number of aromatic nitrogens is 1. The first-order valence-corrected chi connectivity index (χ1v) is 10.3. The number of halogens is 1. The van der Waals surface area contributed by atoms with Crippen LogP contribution < -0.4 is 36.3 Å². The summed E-state index contributed by atoms with van der Waals surface area (Å²) < 4.78 is 27.7. The van der Waals surface area contributed by atoms with E-state index in [0.717, 1.165) is 0 Å². The summed E-state index contributed by atoms with van der Waals surface area (Å²) in [7, 11) is 1.67. The second kappa shape index (κ2) is 7.02. The Morgan fingerprint density at radius 2 is 2.03 bits per heavy atom. The molecule has 0 spiro atoms. The van der Waals surface area contributed by atoms with E-state index in [1.165, 1.54) is 10.9 Å². The quantitative estimate of drug-likeness (QED) is 0.355. The third-order valence-electron chi connectivity index (χ3n) is 6.80. The van der Waals surface area contributed by atoms with Gasteiger partial charge in [0, 0.05) is 32.1 Å². The van der Waals surface area contributed by atoms with Crippen LogP contribution in [-0.4, -0.2) is 48.8 Å². The Kier molecular flexibility index (Phi) is 4.48. The number of hydrogen-bond donors (Lipinski definition) is 3. The van der Waals surface area contributed by atoms with Gasteiger partial charge in [-0.3, -0.25) is 14.5 Å². The van der Waals surface area contributed by atoms with Crippen molar-refractivity contribution < 1.29 is 23.8 Å². The van der Waals surface area contributed by atoms with Crippen LogP contribution in [0.5, 0.6) is 11.5 Å². The molecule has 10 nitrogen and oxygen atoms in total. The van der Waals surface area contributed by atoms with Gasteiger partial charge in [-0.25, -0.2) is 9.18 Å². The van der Waals surface area contributed by atoms with Crippen molar-refractivity contribution in [2.45, 2.75) is 13.0 Å². The van der Waals surface area contributed by atoms with E-state index in [4.69, 9.17) is 21.3 Å². The molecule has 1 aromatic carbocycles. The van der Waals surface area contributed by atoms with Gasteiger partial charge in [0.1, 0.15) is 11.2 Å². The van der Waals surface area contributed by atoms with Gasteiger partial charge in [-0.15, -0.1) is 0 Å². The number of hydrogen-bond acceptors (Lipinski definition) is 8. The molecule has 2 aromatic rings. The molecule has 0 saturated carbocycles. The minimum absolute atomic E-state index is 0.0476. The van der Waals surface area contributed by atoms with Crippen molar-refractivity contribution in [3.8, 4) is 11.5 Å². The molecule has 4 atom stereocenters. The van der Waals surface area contributed by atoms with Crippen molar-refractivity contribution in [3.05, 3.63) is 34.4 Å². The molecule has 11 heteroatoms. The highest BCUT2D eigenvalue weighted by molar-refractivity contribution is 6.01. The van der Waals surface area contributed by atoms with Crippen molar-refractivity contribution in [3.63, 3.8) is 0 Å². The van der Waals surface area contributed by atoms with Crippen LogP contribution in [0.2, 0.25) is 0 Å². The highest BCUT2D eigenvalue weighted by Gasteiger charge is 2.43. The Morgan fingerprint density at radius 1 is 1.31 bits per heavy atom. The lowest BCUT2D eigenvalue weighted by molar-refractivity contribution is 0.143. The van der Waals surface area contributed by atoms with Crippen LogP contribution in [-0.2, 0) is 0 Å². The average molecular weight is 445 g/mol. The zero-order valence-corrected chi connectivity index (χ0v) is 17.6. The molecule has 170 valence electrons. The van der Waals surface area contributed by atoms with Gasteiger partial charge in [-0.1, -0.05) is 19.1 Å². The number of carbonyl (C=O) groups is 1. The van der Waals surface area contributed by atoms with Crippen LogP contribution in [0, 0.1) is 23.6 Å². The summed E-state index contributed by atoms with van der Waals surface area (Å²) in [5.74, 6) is -0.362. The molecule has 4 unspecified atom stereocenters. The molecule has 2 aliphatic heterocycles. The maximum atomic E-state index is 15.7. The van der Waals surface area contributed by atoms with Gasteiger partial charge in [0.2, 0.25) is 11.2 Å². The second-order valence-electron chi connectivity index (χ2n) is 8.65. The third-order valence-corrected chi connectivity index (χ3v) is 6.80. The number of nitrogen functional groups attached to an aromatic ring is 1. The minimum atomic E-state index is -1.65. The zero-order valence-electron chi connectivity index (χ0n) is 17.6. The van der Waals surface area contributed by atoms with Gasteiger partial charge in [0.05, 0.1) is 17.3 Å². The lowest BCUT2D eigenvalue weighted by Crippen LogP contribution is -2.40. The highest BCUT2D eigenvalue weighted by atomic mass is 19.1. The first-order valence-electron chi connectivity index (χ1n) is 10.3. The van der Waals surface area contributed by atoms with E-state index in [1.807, 2.05) is 11.0 Å². The molecule has 5 rings (SSSR count). The number of nitrogens with zero attached hydrogens (tertiary/aromatic N) is 3. The number of fused-ring (bicyclic) bond motifs is 1. The number of pyridine rings is 1. The number of nitrogens with two attached hydrogens (primary N) is 2. The summed E-state index contributed by atoms with van der Waals surface area (Å²) in [6.45, 7) is 3.26. The first kappa shape index (κ1) is 20.4. The fourth-order valence-electron chi connectivity index (χ4n) is 5.16. The Labute approximate surface area is 182 Å². The molecule has 0 bridgehead atoms. The number of allylic oxidation sites excluding steroid dienone is 1. The molecule has 1 fully saturated rings. The van der Waals surface area contributed by atoms with E-state index in [2.05, 4.69) is 17.7 Å². The van der Waals surface area contributed by atoms with E-state index in [-0.39, 0.29) is 52.6 Å². The second-order valence-corrected chi connectivity index (χ2v) is 8.65. The number of rotatable bonds is 2. The van der Waals surface area contributed by atoms with Gasteiger partial charge in [0.15, 0.2) is 18.3 Å². The third kappa shape index (κ3) is 2.80. The van der Waals surface area contributed by atoms with Crippen molar-refractivity contribution in [2.24, 2.45) is 23.5 Å². The van der Waals surface area contributed by atoms with Crippen LogP contribution >= 0.6 is 0 Å². The molecule has 3 heterocycles. The SMILES string of the molecule is CC1C=CC(N)C2CN(c3c(F)c(N)c4c(=O)c(OC(=O)O)cn5c4c3OCN5C)CC12. The monoisotopic (exact) mass is 445 g/mol. The van der Waals surface area contributed by atoms with Gasteiger partial charge in [-0.2, -0.15) is 0 Å². The van der Waals surface area contributed by atoms with Crippen LogP contribution in [0.15, 0.2) is 23.1 Å². The van der Waals surface area contributed by atoms with E-state index in [0.29, 0.717) is 19.0 Å². The van der Waals surface area contributed by atoms with E-state index < -0.39 is 23.2 Å². The number of benzene rings is 1. The normalized spacial score (nSPS) is 26.2. The molecule has 5 N–H and O–H groups in total. The van der Waals surface area contributed by atoms with E-state index in [1.54, 1.807) is 12.1 Å². The standard InChI is InChI=1S/C21H24FN5O5/c1-9-3-4-12(23)11-6-26(5-10(9)11)18-15(22)16(24)14-17-20(18)31-8-25(2)27(17)7-13(19(14)28)32-21(29)30/h3-4,7,9-12H,5-6,8,23-24H2,1-2H3,(H,29,30). The van der Waals surface area contributed by atoms with Crippen LogP contribution in [0.4, 0.5) is 20.6 Å². The molecule has 32 heavy (non-hydrogen) atoms. The summed E-state index contributed by atoms with van der Waals surface area (Å²) in [6.07, 6.45) is 3.69. The fourth-order valence-corrected chi connectivity index (χ4v) is 5.16. The average Bonchev–Trinajstić information content (AvgIpc) is 3.18. The molecule has 1 aliphatic carbocycles. The Bertz CT molecular complexity index is 1210. The summed E-state index contributed by atoms with van der Waals surface area (Å²) in [5, 5.41) is 10.4. The summed E-state index contributed by atoms with van der Waals surface area (Å²) in [4.78, 5) is 25.9. The number of ether oxygens (including phenoxy) is 2. The first-order chi connectivity index (χ1) is 15.2. The molecule has 0 amide bonds. The van der Waals surface area contributed by atoms with Gasteiger partial charge in [0.25, 0.3) is 0 Å². The van der Waals surface area contributed by atoms with Crippen molar-refractivity contribution in [1.29, 1.82) is 0 Å². The smallest absolute Gasteiger partial charge is 0.467 e. The lowest BCUT2D eigenvalue weighted by atomic mass is 9.77. The zero-order chi connectivity index (χ0) is 22.9. The molecule has 1 aromatic heterocycles. The van der Waals surface area contributed by atoms with Gasteiger partial charge in [-0.05, 0) is 11.8 Å². The predicted molar refractivity (Wildman–Crippen MR) is 116 cm³/mol. The van der Waals surface area contributed by atoms with E-state index in [9.17, 15) is 9.59 Å². The topological polar surface area (TPSA) is 136 Å². The molecular formula is C21H24FN5O5. The number of carboxylic acid groups (broad SMARTS) is 1. The summed E-state index contributed by atoms with van der Waals surface area (Å²) in [5.41, 5.74) is 11.7. The van der Waals surface area contributed by atoms with Gasteiger partial charge < -0.3 is 30.9 Å². The molecule has 3 aliphatic rings. The highest BCUT2D eigenvalue weighted by Crippen LogP contribution is 2.47. The minimum Gasteiger partial charge on any atom is -0.467 e. The van der Waals surface area contributed by atoms with Crippen molar-refractivity contribution >= 4 is 28.4 Å². The molecule has 0 radical (unpaired) electrons. The van der Waals surface area contributed by atoms with Crippen LogP contribution in [0.25, 0.3) is 10.9 Å². The largest absolute Gasteiger partial charge is 0.511 e. The summed E-state index contributed by atoms with van der Waals surface area (Å²) in [6, 6.07) is -0.126. The van der Waals surface area contributed by atoms with Crippen molar-refractivity contribution in [1.82, 2.24) is 4.68 Å². The maximum Gasteiger partial charge on any atom is 0.511 e. The maximum absolute atomic E-state index is 15.7. The lowest BCUT2D eigenvalue weighted by Gasteiger charge is -2.34. The van der Waals surface area contributed by atoms with Crippen LogP contribution in [0.1, 0.15) is 6.92 Å². The Balaban J connectivity index is 1.73. The fraction of sp³-hybridized carbons (Fsp3) is 0.429. The number of anilines is 2. The molecular weight excluding hydrogens is 421 g/mol. The predicted octanol–water partition coefficient (Wildman–Crippen LogP) is 1.28. The summed E-state index contributed by atoms with van der Waals surface area (Å²) >= 11 is 0. The van der Waals surface area contributed by atoms with Crippen molar-refractivity contribution in [2.75, 3.05) is 42.5 Å². The van der Waals surface area contributed by atoms with Crippen LogP contribution in [0.3, 0.4) is 0 Å². The Morgan fingerprint density at radius 3 is 2.72 bits per heavy atom. The molecule has 1 saturated heterocycles. The Hall–Kier alpha value is -3.47.